The van der Waals surface area contributed by atoms with Gasteiger partial charge in [0.15, 0.2) is 0 Å². The second-order valence-electron chi connectivity index (χ2n) is 5.17. The molecule has 0 amide bonds. The molecule has 90 valence electrons. The highest BCUT2D eigenvalue weighted by Gasteiger charge is 2.39. The monoisotopic (exact) mass is 250 g/mol. The van der Waals surface area contributed by atoms with Crippen molar-refractivity contribution in [3.8, 4) is 0 Å². The van der Waals surface area contributed by atoms with E-state index in [-0.39, 0.29) is 0 Å². The molecule has 0 bridgehead atoms. The summed E-state index contributed by atoms with van der Waals surface area (Å²) in [5.74, 6) is 1.23. The molecule has 0 radical (unpaired) electrons. The average molecular weight is 251 g/mol. The third kappa shape index (κ3) is 1.85. The Morgan fingerprint density at radius 1 is 1.41 bits per heavy atom. The molecule has 2 unspecified atom stereocenters. The van der Waals surface area contributed by atoms with Crippen molar-refractivity contribution in [3.63, 3.8) is 0 Å². The summed E-state index contributed by atoms with van der Waals surface area (Å²) in [5, 5.41) is 12.2. The Morgan fingerprint density at radius 2 is 2.24 bits per heavy atom. The molecule has 1 aromatic heterocycles. The van der Waals surface area contributed by atoms with E-state index in [9.17, 15) is 5.11 Å². The van der Waals surface area contributed by atoms with E-state index < -0.39 is 5.60 Å². The topological polar surface area (TPSA) is 33.4 Å². The largest absolute Gasteiger partial charge is 0.458 e. The van der Waals surface area contributed by atoms with E-state index >= 15 is 0 Å². The van der Waals surface area contributed by atoms with Crippen LogP contribution in [0, 0.1) is 5.92 Å². The van der Waals surface area contributed by atoms with Crippen molar-refractivity contribution in [1.29, 1.82) is 0 Å². The van der Waals surface area contributed by atoms with Crippen LogP contribution < -0.4 is 0 Å². The molecule has 1 saturated carbocycles. The summed E-state index contributed by atoms with van der Waals surface area (Å²) in [6.07, 6.45) is 2.61. The Morgan fingerprint density at radius 3 is 2.94 bits per heavy atom. The van der Waals surface area contributed by atoms with E-state index in [0.29, 0.717) is 16.7 Å². The SMILES string of the molecule is CC1CCC(O)(c2cc3cc(Cl)ccc3o2)C1. The fourth-order valence-corrected chi connectivity index (χ4v) is 2.91. The first-order chi connectivity index (χ1) is 8.07. The third-order valence-corrected chi connectivity index (χ3v) is 3.91. The molecule has 17 heavy (non-hydrogen) atoms. The number of halogens is 1. The molecule has 3 rings (SSSR count). The maximum absolute atomic E-state index is 10.6. The van der Waals surface area contributed by atoms with Gasteiger partial charge in [-0.3, -0.25) is 0 Å². The number of aliphatic hydroxyl groups is 1. The van der Waals surface area contributed by atoms with Crippen LogP contribution >= 0.6 is 11.6 Å². The number of rotatable bonds is 1. The quantitative estimate of drug-likeness (QED) is 0.827. The van der Waals surface area contributed by atoms with E-state index in [1.165, 1.54) is 0 Å². The molecular formula is C14H15ClO2. The second kappa shape index (κ2) is 3.76. The van der Waals surface area contributed by atoms with Crippen molar-refractivity contribution in [2.24, 2.45) is 5.92 Å². The van der Waals surface area contributed by atoms with Crippen LogP contribution in [0.1, 0.15) is 31.9 Å². The van der Waals surface area contributed by atoms with Gasteiger partial charge in [0, 0.05) is 10.4 Å². The van der Waals surface area contributed by atoms with Crippen LogP contribution in [0.25, 0.3) is 11.0 Å². The molecule has 1 aliphatic rings. The van der Waals surface area contributed by atoms with Crippen molar-refractivity contribution in [2.45, 2.75) is 31.8 Å². The summed E-state index contributed by atoms with van der Waals surface area (Å²) in [6.45, 7) is 2.16. The Kier molecular flexibility index (Phi) is 2.46. The van der Waals surface area contributed by atoms with Crippen molar-refractivity contribution in [1.82, 2.24) is 0 Å². The minimum atomic E-state index is -0.787. The highest BCUT2D eigenvalue weighted by molar-refractivity contribution is 6.31. The summed E-state index contributed by atoms with van der Waals surface area (Å²) in [5.41, 5.74) is 0.00245. The number of benzene rings is 1. The molecule has 0 aliphatic heterocycles. The van der Waals surface area contributed by atoms with Crippen LogP contribution in [-0.2, 0) is 5.60 Å². The Hall–Kier alpha value is -0.990. The number of fused-ring (bicyclic) bond motifs is 1. The first-order valence-electron chi connectivity index (χ1n) is 5.99. The maximum atomic E-state index is 10.6. The highest BCUT2D eigenvalue weighted by Crippen LogP contribution is 2.43. The van der Waals surface area contributed by atoms with Gasteiger partial charge in [-0.05, 0) is 49.4 Å². The summed E-state index contributed by atoms with van der Waals surface area (Å²) in [4.78, 5) is 0. The molecule has 2 atom stereocenters. The molecule has 1 aromatic carbocycles. The van der Waals surface area contributed by atoms with Gasteiger partial charge >= 0.3 is 0 Å². The molecule has 0 spiro atoms. The Bertz CT molecular complexity index is 560. The van der Waals surface area contributed by atoms with E-state index in [2.05, 4.69) is 6.92 Å². The van der Waals surface area contributed by atoms with Gasteiger partial charge in [0.2, 0.25) is 0 Å². The van der Waals surface area contributed by atoms with Crippen molar-refractivity contribution in [2.75, 3.05) is 0 Å². The van der Waals surface area contributed by atoms with Crippen LogP contribution in [0.15, 0.2) is 28.7 Å². The Labute approximate surface area is 105 Å². The molecule has 1 fully saturated rings. The predicted molar refractivity (Wildman–Crippen MR) is 68.1 cm³/mol. The maximum Gasteiger partial charge on any atom is 0.136 e. The second-order valence-corrected chi connectivity index (χ2v) is 5.61. The van der Waals surface area contributed by atoms with Crippen LogP contribution in [0.4, 0.5) is 0 Å². The molecule has 2 aromatic rings. The van der Waals surface area contributed by atoms with Gasteiger partial charge in [-0.15, -0.1) is 0 Å². The lowest BCUT2D eigenvalue weighted by Crippen LogP contribution is -2.20. The zero-order valence-electron chi connectivity index (χ0n) is 9.74. The summed E-state index contributed by atoms with van der Waals surface area (Å²) in [7, 11) is 0. The van der Waals surface area contributed by atoms with Crippen LogP contribution in [-0.4, -0.2) is 5.11 Å². The summed E-state index contributed by atoms with van der Waals surface area (Å²) < 4.78 is 5.75. The van der Waals surface area contributed by atoms with Gasteiger partial charge in [-0.2, -0.15) is 0 Å². The molecule has 1 N–H and O–H groups in total. The smallest absolute Gasteiger partial charge is 0.136 e. The van der Waals surface area contributed by atoms with E-state index in [1.54, 1.807) is 6.07 Å². The Balaban J connectivity index is 2.06. The molecule has 0 saturated heterocycles. The van der Waals surface area contributed by atoms with Crippen LogP contribution in [0.2, 0.25) is 5.02 Å². The lowest BCUT2D eigenvalue weighted by molar-refractivity contribution is 0.0201. The molecule has 1 heterocycles. The third-order valence-electron chi connectivity index (χ3n) is 3.67. The number of hydrogen-bond donors (Lipinski definition) is 1. The van der Waals surface area contributed by atoms with Crippen LogP contribution in [0.3, 0.4) is 0 Å². The lowest BCUT2D eigenvalue weighted by atomic mass is 9.97. The summed E-state index contributed by atoms with van der Waals surface area (Å²) >= 11 is 5.94. The predicted octanol–water partition coefficient (Wildman–Crippen LogP) is 4.09. The lowest BCUT2D eigenvalue weighted by Gasteiger charge is -2.19. The van der Waals surface area contributed by atoms with Crippen molar-refractivity contribution >= 4 is 22.6 Å². The van der Waals surface area contributed by atoms with Crippen LogP contribution in [0.5, 0.6) is 0 Å². The van der Waals surface area contributed by atoms with Gasteiger partial charge in [0.25, 0.3) is 0 Å². The van der Waals surface area contributed by atoms with Crippen molar-refractivity contribution < 1.29 is 9.52 Å². The average Bonchev–Trinajstić information content (AvgIpc) is 2.83. The number of hydrogen-bond acceptors (Lipinski definition) is 2. The van der Waals surface area contributed by atoms with Gasteiger partial charge in [-0.1, -0.05) is 18.5 Å². The van der Waals surface area contributed by atoms with E-state index in [4.69, 9.17) is 16.0 Å². The minimum absolute atomic E-state index is 0.553. The van der Waals surface area contributed by atoms with Gasteiger partial charge in [0.1, 0.15) is 16.9 Å². The molecule has 2 nitrogen and oxygen atoms in total. The molecule has 3 heteroatoms. The molecular weight excluding hydrogens is 236 g/mol. The number of furan rings is 1. The van der Waals surface area contributed by atoms with Crippen molar-refractivity contribution in [3.05, 3.63) is 35.0 Å². The standard InChI is InChI=1S/C14H15ClO2/c1-9-4-5-14(16,8-9)13-7-10-6-11(15)2-3-12(10)17-13/h2-3,6-7,9,16H,4-5,8H2,1H3. The first-order valence-corrected chi connectivity index (χ1v) is 6.37. The fourth-order valence-electron chi connectivity index (χ4n) is 2.73. The minimum Gasteiger partial charge on any atom is -0.458 e. The van der Waals surface area contributed by atoms with Gasteiger partial charge in [-0.25, -0.2) is 0 Å². The van der Waals surface area contributed by atoms with E-state index in [1.807, 2.05) is 18.2 Å². The highest BCUT2D eigenvalue weighted by atomic mass is 35.5. The zero-order chi connectivity index (χ0) is 12.0. The van der Waals surface area contributed by atoms with E-state index in [0.717, 1.165) is 30.2 Å². The first kappa shape index (κ1) is 11.1. The zero-order valence-corrected chi connectivity index (χ0v) is 10.5. The van der Waals surface area contributed by atoms with Gasteiger partial charge < -0.3 is 9.52 Å². The summed E-state index contributed by atoms with van der Waals surface area (Å²) in [6, 6.07) is 7.44. The molecule has 1 aliphatic carbocycles. The fraction of sp³-hybridized carbons (Fsp3) is 0.429. The van der Waals surface area contributed by atoms with Gasteiger partial charge in [0.05, 0.1) is 0 Å². The normalized spacial score (nSPS) is 29.0.